The number of aliphatic hydroxyl groups is 1. The summed E-state index contributed by atoms with van der Waals surface area (Å²) in [6.45, 7) is 2.37. The van der Waals surface area contributed by atoms with E-state index >= 15 is 0 Å². The molecule has 0 amide bonds. The molecule has 1 aromatic rings. The molecule has 138 valence electrons. The summed E-state index contributed by atoms with van der Waals surface area (Å²) >= 11 is 0. The van der Waals surface area contributed by atoms with E-state index in [-0.39, 0.29) is 23.8 Å². The Kier molecular flexibility index (Phi) is 3.24. The van der Waals surface area contributed by atoms with Gasteiger partial charge < -0.3 is 19.0 Å². The van der Waals surface area contributed by atoms with Gasteiger partial charge in [-0.2, -0.15) is 0 Å². The maximum Gasteiger partial charge on any atom is 0.334 e. The van der Waals surface area contributed by atoms with Gasteiger partial charge in [-0.15, -0.1) is 0 Å². The minimum absolute atomic E-state index is 0.206. The Hall–Kier alpha value is -2.08. The van der Waals surface area contributed by atoms with Gasteiger partial charge in [0.15, 0.2) is 0 Å². The fourth-order valence-electron chi connectivity index (χ4n) is 6.19. The number of cyclic esters (lactones) is 2. The van der Waals surface area contributed by atoms with Crippen LogP contribution in [0.1, 0.15) is 44.3 Å². The zero-order chi connectivity index (χ0) is 18.1. The van der Waals surface area contributed by atoms with Crippen LogP contribution in [0.2, 0.25) is 0 Å². The van der Waals surface area contributed by atoms with Crippen molar-refractivity contribution in [3.8, 4) is 0 Å². The van der Waals surface area contributed by atoms with E-state index in [1.54, 1.807) is 12.5 Å². The van der Waals surface area contributed by atoms with E-state index in [1.165, 1.54) is 0 Å². The minimum atomic E-state index is -0.600. The average molecular weight is 358 g/mol. The molecule has 1 N–H and O–H groups in total. The van der Waals surface area contributed by atoms with E-state index in [9.17, 15) is 14.7 Å². The van der Waals surface area contributed by atoms with Gasteiger partial charge in [0.25, 0.3) is 0 Å². The number of fused-ring (bicyclic) bond motifs is 2. The van der Waals surface area contributed by atoms with Crippen molar-refractivity contribution in [2.24, 2.45) is 22.7 Å². The Morgan fingerprint density at radius 1 is 1.31 bits per heavy atom. The number of ether oxygens (including phenoxy) is 2. The van der Waals surface area contributed by atoms with Gasteiger partial charge in [-0.1, -0.05) is 13.0 Å². The molecule has 1 spiro atoms. The molecule has 4 aliphatic rings. The molecule has 2 saturated heterocycles. The fraction of sp³-hybridized carbons (Fsp3) is 0.600. The molecule has 1 saturated carbocycles. The molecule has 6 nitrogen and oxygen atoms in total. The Balaban J connectivity index is 1.60. The third-order valence-corrected chi connectivity index (χ3v) is 7.23. The van der Waals surface area contributed by atoms with Crippen LogP contribution in [-0.2, 0) is 19.1 Å². The van der Waals surface area contributed by atoms with Gasteiger partial charge in [-0.3, -0.25) is 4.79 Å². The van der Waals surface area contributed by atoms with Crippen LogP contribution in [0.5, 0.6) is 0 Å². The number of esters is 2. The van der Waals surface area contributed by atoms with E-state index in [0.717, 1.165) is 5.56 Å². The standard InChI is InChI=1S/C20H22O6/c1-19-8-15(11-5-7-24-9-11)26-18(23)12(19)4-6-20-10-25-17(22)13(20)2-3-14(21)16(19)20/h2,5,7,9,12,14-16,21H,3-4,6,8,10H2,1H3. The second-order valence-corrected chi connectivity index (χ2v) is 8.41. The van der Waals surface area contributed by atoms with Crippen LogP contribution >= 0.6 is 0 Å². The van der Waals surface area contributed by atoms with Crippen molar-refractivity contribution in [3.63, 3.8) is 0 Å². The SMILES string of the molecule is CC12CC(c3ccoc3)OC(=O)C1CCC13COC(=O)C1=CCC(O)C32. The van der Waals surface area contributed by atoms with Gasteiger partial charge >= 0.3 is 11.9 Å². The maximum absolute atomic E-state index is 12.8. The molecule has 5 rings (SSSR count). The predicted octanol–water partition coefficient (Wildman–Crippen LogP) is 2.53. The summed E-state index contributed by atoms with van der Waals surface area (Å²) in [4.78, 5) is 25.1. The summed E-state index contributed by atoms with van der Waals surface area (Å²) < 4.78 is 16.3. The number of carbonyl (C=O) groups excluding carboxylic acids is 2. The molecule has 2 aliphatic heterocycles. The normalized spacial score (nSPS) is 44.3. The van der Waals surface area contributed by atoms with Crippen LogP contribution in [0, 0.1) is 22.7 Å². The fourth-order valence-corrected chi connectivity index (χ4v) is 6.19. The third-order valence-electron chi connectivity index (χ3n) is 7.23. The summed E-state index contributed by atoms with van der Waals surface area (Å²) in [5.41, 5.74) is 0.574. The van der Waals surface area contributed by atoms with Gasteiger partial charge in [0.05, 0.1) is 24.5 Å². The van der Waals surface area contributed by atoms with Crippen molar-refractivity contribution in [1.29, 1.82) is 0 Å². The Morgan fingerprint density at radius 2 is 2.15 bits per heavy atom. The highest BCUT2D eigenvalue weighted by Gasteiger charge is 2.67. The first-order valence-corrected chi connectivity index (χ1v) is 9.24. The Morgan fingerprint density at radius 3 is 2.92 bits per heavy atom. The van der Waals surface area contributed by atoms with Crippen molar-refractivity contribution in [1.82, 2.24) is 0 Å². The second-order valence-electron chi connectivity index (χ2n) is 8.41. The number of furan rings is 1. The summed E-state index contributed by atoms with van der Waals surface area (Å²) in [5, 5.41) is 11.0. The van der Waals surface area contributed by atoms with Gasteiger partial charge in [0.2, 0.25) is 0 Å². The lowest BCUT2D eigenvalue weighted by atomic mass is 9.45. The molecular weight excluding hydrogens is 336 g/mol. The summed E-state index contributed by atoms with van der Waals surface area (Å²) in [7, 11) is 0. The van der Waals surface area contributed by atoms with E-state index < -0.39 is 23.0 Å². The third kappa shape index (κ3) is 1.91. The summed E-state index contributed by atoms with van der Waals surface area (Å²) in [5.74, 6) is -0.963. The Bertz CT molecular complexity index is 795. The number of hydrogen-bond donors (Lipinski definition) is 1. The van der Waals surface area contributed by atoms with E-state index in [2.05, 4.69) is 6.92 Å². The van der Waals surface area contributed by atoms with Gasteiger partial charge in [0, 0.05) is 22.5 Å². The quantitative estimate of drug-likeness (QED) is 0.777. The van der Waals surface area contributed by atoms with Gasteiger partial charge in [0.1, 0.15) is 12.7 Å². The minimum Gasteiger partial charge on any atom is -0.472 e. The topological polar surface area (TPSA) is 86.0 Å². The Labute approximate surface area is 151 Å². The average Bonchev–Trinajstić information content (AvgIpc) is 3.23. The van der Waals surface area contributed by atoms with Crippen LogP contribution < -0.4 is 0 Å². The molecule has 6 atom stereocenters. The number of carbonyl (C=O) groups is 2. The zero-order valence-corrected chi connectivity index (χ0v) is 14.6. The largest absolute Gasteiger partial charge is 0.472 e. The molecule has 0 bridgehead atoms. The molecule has 0 radical (unpaired) electrons. The first kappa shape index (κ1) is 16.1. The molecule has 6 heteroatoms. The molecule has 2 aliphatic carbocycles. The van der Waals surface area contributed by atoms with Gasteiger partial charge in [-0.25, -0.2) is 4.79 Å². The van der Waals surface area contributed by atoms with Crippen molar-refractivity contribution >= 4 is 11.9 Å². The first-order valence-electron chi connectivity index (χ1n) is 9.24. The molecule has 1 aromatic heterocycles. The summed E-state index contributed by atoms with van der Waals surface area (Å²) in [6.07, 6.45) is 6.36. The predicted molar refractivity (Wildman–Crippen MR) is 88.6 cm³/mol. The molecule has 3 heterocycles. The number of rotatable bonds is 1. The molecule has 6 unspecified atom stereocenters. The first-order chi connectivity index (χ1) is 12.5. The van der Waals surface area contributed by atoms with Crippen LogP contribution in [0.25, 0.3) is 0 Å². The van der Waals surface area contributed by atoms with Crippen molar-refractivity contribution in [2.75, 3.05) is 6.61 Å². The zero-order valence-electron chi connectivity index (χ0n) is 14.6. The van der Waals surface area contributed by atoms with E-state index in [4.69, 9.17) is 13.9 Å². The monoisotopic (exact) mass is 358 g/mol. The van der Waals surface area contributed by atoms with Crippen LogP contribution in [-0.4, -0.2) is 29.8 Å². The molecule has 26 heavy (non-hydrogen) atoms. The maximum atomic E-state index is 12.8. The highest BCUT2D eigenvalue weighted by atomic mass is 16.5. The second kappa shape index (κ2) is 5.22. The van der Waals surface area contributed by atoms with Crippen LogP contribution in [0.4, 0.5) is 0 Å². The van der Waals surface area contributed by atoms with Crippen molar-refractivity contribution in [3.05, 3.63) is 35.8 Å². The lowest BCUT2D eigenvalue weighted by Crippen LogP contribution is -2.60. The van der Waals surface area contributed by atoms with Crippen molar-refractivity contribution in [2.45, 2.75) is 44.8 Å². The molecule has 3 fully saturated rings. The highest BCUT2D eigenvalue weighted by molar-refractivity contribution is 5.93. The van der Waals surface area contributed by atoms with E-state index in [0.29, 0.717) is 37.9 Å². The van der Waals surface area contributed by atoms with Crippen LogP contribution in [0.3, 0.4) is 0 Å². The molecule has 0 aromatic carbocycles. The van der Waals surface area contributed by atoms with E-state index in [1.807, 2.05) is 12.1 Å². The lowest BCUT2D eigenvalue weighted by molar-refractivity contribution is -0.201. The smallest absolute Gasteiger partial charge is 0.334 e. The number of aliphatic hydroxyl groups excluding tert-OH is 1. The van der Waals surface area contributed by atoms with Crippen molar-refractivity contribution < 1.29 is 28.6 Å². The number of hydrogen-bond acceptors (Lipinski definition) is 6. The van der Waals surface area contributed by atoms with Gasteiger partial charge in [-0.05, 0) is 37.2 Å². The molecular formula is C20H22O6. The highest BCUT2D eigenvalue weighted by Crippen LogP contribution is 2.66. The lowest BCUT2D eigenvalue weighted by Gasteiger charge is -2.59. The van der Waals surface area contributed by atoms with Crippen LogP contribution in [0.15, 0.2) is 34.7 Å². The summed E-state index contributed by atoms with van der Waals surface area (Å²) in [6, 6.07) is 1.81.